The van der Waals surface area contributed by atoms with Crippen molar-refractivity contribution in [2.24, 2.45) is 5.16 Å². The lowest BCUT2D eigenvalue weighted by Gasteiger charge is -2.18. The highest BCUT2D eigenvalue weighted by atomic mass is 16.4. The Morgan fingerprint density at radius 1 is 0.826 bits per heavy atom. The number of rotatable bonds is 5. The molecule has 23 heavy (non-hydrogen) atoms. The molecule has 3 heteroatoms. The molecule has 0 unspecified atom stereocenters. The molecule has 0 saturated carbocycles. The van der Waals surface area contributed by atoms with Crippen molar-refractivity contribution >= 4 is 5.71 Å². The topological polar surface area (TPSA) is 45.5 Å². The number of pyridine rings is 1. The minimum atomic E-state index is 0.136. The van der Waals surface area contributed by atoms with E-state index >= 15 is 0 Å². The van der Waals surface area contributed by atoms with Gasteiger partial charge in [0.15, 0.2) is 0 Å². The number of hydrogen-bond acceptors (Lipinski definition) is 3. The van der Waals surface area contributed by atoms with E-state index < -0.39 is 0 Å². The van der Waals surface area contributed by atoms with Gasteiger partial charge >= 0.3 is 0 Å². The summed E-state index contributed by atoms with van der Waals surface area (Å²) in [4.78, 5) is 4.02. The predicted molar refractivity (Wildman–Crippen MR) is 91.9 cm³/mol. The maximum Gasteiger partial charge on any atom is 0.0878 e. The smallest absolute Gasteiger partial charge is 0.0878 e. The molecule has 3 nitrogen and oxygen atoms in total. The van der Waals surface area contributed by atoms with Crippen LogP contribution < -0.4 is 0 Å². The van der Waals surface area contributed by atoms with Gasteiger partial charge < -0.3 is 5.21 Å². The maximum atomic E-state index is 9.49. The largest absolute Gasteiger partial charge is 0.411 e. The summed E-state index contributed by atoms with van der Waals surface area (Å²) in [6.45, 7) is 0. The van der Waals surface area contributed by atoms with Crippen molar-refractivity contribution in [2.45, 2.75) is 12.3 Å². The zero-order valence-corrected chi connectivity index (χ0v) is 12.7. The fourth-order valence-electron chi connectivity index (χ4n) is 2.75. The fraction of sp³-hybridized carbons (Fsp3) is 0.100. The van der Waals surface area contributed by atoms with Crippen LogP contribution in [0.2, 0.25) is 0 Å². The van der Waals surface area contributed by atoms with E-state index in [2.05, 4.69) is 34.4 Å². The van der Waals surface area contributed by atoms with E-state index in [1.165, 1.54) is 11.1 Å². The van der Waals surface area contributed by atoms with Gasteiger partial charge in [0.25, 0.3) is 0 Å². The average molecular weight is 302 g/mol. The Bertz CT molecular complexity index is 716. The maximum absolute atomic E-state index is 9.49. The summed E-state index contributed by atoms with van der Waals surface area (Å²) in [5.74, 6) is 0.136. The van der Waals surface area contributed by atoms with Crippen LogP contribution in [0.3, 0.4) is 0 Å². The van der Waals surface area contributed by atoms with E-state index in [9.17, 15) is 5.21 Å². The van der Waals surface area contributed by atoms with Crippen molar-refractivity contribution < 1.29 is 5.21 Å². The third-order valence-electron chi connectivity index (χ3n) is 3.94. The Morgan fingerprint density at radius 3 is 1.83 bits per heavy atom. The summed E-state index contributed by atoms with van der Waals surface area (Å²) >= 11 is 0. The van der Waals surface area contributed by atoms with Gasteiger partial charge in [-0.3, -0.25) is 4.98 Å². The Morgan fingerprint density at radius 2 is 1.35 bits per heavy atom. The summed E-state index contributed by atoms with van der Waals surface area (Å²) in [6.07, 6.45) is 4.04. The zero-order chi connectivity index (χ0) is 15.9. The van der Waals surface area contributed by atoms with E-state index in [0.29, 0.717) is 12.1 Å². The van der Waals surface area contributed by atoms with Crippen LogP contribution in [0.4, 0.5) is 0 Å². The first-order valence-corrected chi connectivity index (χ1v) is 7.59. The molecule has 0 aliphatic carbocycles. The van der Waals surface area contributed by atoms with Gasteiger partial charge in [-0.25, -0.2) is 0 Å². The lowest BCUT2D eigenvalue weighted by Crippen LogP contribution is -2.10. The van der Waals surface area contributed by atoms with E-state index in [-0.39, 0.29) is 5.92 Å². The number of aromatic nitrogens is 1. The molecule has 0 bridgehead atoms. The zero-order valence-electron chi connectivity index (χ0n) is 12.7. The van der Waals surface area contributed by atoms with Crippen molar-refractivity contribution in [1.82, 2.24) is 4.98 Å². The van der Waals surface area contributed by atoms with Gasteiger partial charge in [-0.1, -0.05) is 65.8 Å². The van der Waals surface area contributed by atoms with Gasteiger partial charge in [-0.2, -0.15) is 0 Å². The number of oxime groups is 1. The van der Waals surface area contributed by atoms with Crippen molar-refractivity contribution in [1.29, 1.82) is 0 Å². The molecule has 3 rings (SSSR count). The third kappa shape index (κ3) is 3.64. The molecule has 114 valence electrons. The lowest BCUT2D eigenvalue weighted by molar-refractivity contribution is 0.317. The molecule has 0 aliphatic rings. The second-order valence-electron chi connectivity index (χ2n) is 5.36. The molecule has 0 aliphatic heterocycles. The molecular weight excluding hydrogens is 284 g/mol. The van der Waals surface area contributed by atoms with Gasteiger partial charge in [-0.05, 0) is 23.3 Å². The normalized spacial score (nSPS) is 11.6. The summed E-state index contributed by atoms with van der Waals surface area (Å²) in [7, 11) is 0. The molecule has 2 aromatic carbocycles. The SMILES string of the molecule is O/N=C(\CC(c1ccccc1)c1ccccc1)c1ccncc1. The minimum absolute atomic E-state index is 0.136. The summed E-state index contributed by atoms with van der Waals surface area (Å²) in [5, 5.41) is 13.0. The minimum Gasteiger partial charge on any atom is -0.411 e. The Hall–Kier alpha value is -2.94. The molecule has 0 amide bonds. The molecule has 1 aromatic heterocycles. The van der Waals surface area contributed by atoms with Crippen LogP contribution in [0.25, 0.3) is 0 Å². The molecule has 3 aromatic rings. The highest BCUT2D eigenvalue weighted by molar-refractivity contribution is 6.00. The van der Waals surface area contributed by atoms with Gasteiger partial charge in [-0.15, -0.1) is 0 Å². The Balaban J connectivity index is 1.96. The van der Waals surface area contributed by atoms with Crippen LogP contribution >= 0.6 is 0 Å². The van der Waals surface area contributed by atoms with Crippen LogP contribution in [0.1, 0.15) is 29.0 Å². The van der Waals surface area contributed by atoms with Crippen molar-refractivity contribution in [3.63, 3.8) is 0 Å². The molecular formula is C20H18N2O. The molecule has 1 N–H and O–H groups in total. The Kier molecular flexibility index (Phi) is 4.79. The van der Waals surface area contributed by atoms with Crippen LogP contribution in [0.5, 0.6) is 0 Å². The van der Waals surface area contributed by atoms with E-state index in [4.69, 9.17) is 0 Å². The Labute approximate surface area is 136 Å². The highest BCUT2D eigenvalue weighted by Crippen LogP contribution is 2.29. The first-order valence-electron chi connectivity index (χ1n) is 7.59. The number of hydrogen-bond donors (Lipinski definition) is 1. The quantitative estimate of drug-likeness (QED) is 0.429. The number of benzene rings is 2. The van der Waals surface area contributed by atoms with E-state index in [1.54, 1.807) is 12.4 Å². The van der Waals surface area contributed by atoms with Gasteiger partial charge in [0, 0.05) is 30.3 Å². The van der Waals surface area contributed by atoms with Crippen LogP contribution in [0.15, 0.2) is 90.3 Å². The molecule has 0 spiro atoms. The van der Waals surface area contributed by atoms with Gasteiger partial charge in [0.1, 0.15) is 0 Å². The van der Waals surface area contributed by atoms with Crippen LogP contribution in [-0.4, -0.2) is 15.9 Å². The second kappa shape index (κ2) is 7.36. The summed E-state index contributed by atoms with van der Waals surface area (Å²) in [6, 6.07) is 24.3. The average Bonchev–Trinajstić information content (AvgIpc) is 2.65. The van der Waals surface area contributed by atoms with Crippen molar-refractivity contribution in [3.05, 3.63) is 102 Å². The third-order valence-corrected chi connectivity index (χ3v) is 3.94. The molecule has 0 saturated heterocycles. The molecule has 0 fully saturated rings. The van der Waals surface area contributed by atoms with E-state index in [0.717, 1.165) is 5.56 Å². The fourth-order valence-corrected chi connectivity index (χ4v) is 2.75. The highest BCUT2D eigenvalue weighted by Gasteiger charge is 2.18. The van der Waals surface area contributed by atoms with Crippen LogP contribution in [0, 0.1) is 0 Å². The van der Waals surface area contributed by atoms with E-state index in [1.807, 2.05) is 48.5 Å². The standard InChI is InChI=1S/C20H18N2O/c23-22-20(18-11-13-21-14-12-18)15-19(16-7-3-1-4-8-16)17-9-5-2-6-10-17/h1-14,19,23H,15H2/b22-20+. The van der Waals surface area contributed by atoms with Gasteiger partial charge in [0.05, 0.1) is 5.71 Å². The van der Waals surface area contributed by atoms with Crippen LogP contribution in [-0.2, 0) is 0 Å². The molecule has 0 atom stereocenters. The summed E-state index contributed by atoms with van der Waals surface area (Å²) < 4.78 is 0. The lowest BCUT2D eigenvalue weighted by atomic mass is 9.85. The monoisotopic (exact) mass is 302 g/mol. The molecule has 1 heterocycles. The van der Waals surface area contributed by atoms with Crippen molar-refractivity contribution in [3.8, 4) is 0 Å². The number of nitrogens with zero attached hydrogens (tertiary/aromatic N) is 2. The second-order valence-corrected chi connectivity index (χ2v) is 5.36. The first-order chi connectivity index (χ1) is 11.4. The molecule has 0 radical (unpaired) electrons. The first kappa shape index (κ1) is 15.0. The summed E-state index contributed by atoms with van der Waals surface area (Å²) in [5.41, 5.74) is 3.95. The van der Waals surface area contributed by atoms with Crippen molar-refractivity contribution in [2.75, 3.05) is 0 Å². The van der Waals surface area contributed by atoms with Gasteiger partial charge in [0.2, 0.25) is 0 Å². The predicted octanol–water partition coefficient (Wildman–Crippen LogP) is 4.48.